The number of aromatic nitrogens is 2. The zero-order chi connectivity index (χ0) is 27.1. The van der Waals surface area contributed by atoms with Crippen molar-refractivity contribution in [2.24, 2.45) is 12.0 Å². The molecule has 0 saturated heterocycles. The lowest BCUT2D eigenvalue weighted by Crippen LogP contribution is -2.40. The topological polar surface area (TPSA) is 74.8 Å². The number of benzene rings is 2. The number of hydrogen-bond donors (Lipinski definition) is 0. The van der Waals surface area contributed by atoms with Crippen molar-refractivity contribution in [3.63, 3.8) is 0 Å². The Labute approximate surface area is 225 Å². The van der Waals surface area contributed by atoms with Crippen LogP contribution >= 0.6 is 11.3 Å². The molecule has 0 aliphatic carbocycles. The van der Waals surface area contributed by atoms with E-state index < -0.39 is 12.0 Å². The number of thiazole rings is 1. The molecule has 7 nitrogen and oxygen atoms in total. The monoisotopic (exact) mass is 529 g/mol. The third-order valence-corrected chi connectivity index (χ3v) is 7.80. The first kappa shape index (κ1) is 25.7. The molecule has 2 aromatic carbocycles. The van der Waals surface area contributed by atoms with Crippen molar-refractivity contribution in [1.29, 1.82) is 0 Å². The van der Waals surface area contributed by atoms with Gasteiger partial charge < -0.3 is 14.0 Å². The van der Waals surface area contributed by atoms with Crippen molar-refractivity contribution in [3.05, 3.63) is 96.3 Å². The molecule has 4 aromatic rings. The Kier molecular flexibility index (Phi) is 6.84. The minimum Gasteiger partial charge on any atom is -0.491 e. The lowest BCUT2D eigenvalue weighted by Gasteiger charge is -2.26. The molecule has 1 aliphatic rings. The number of nitrogens with zero attached hydrogens (tertiary/aromatic N) is 3. The van der Waals surface area contributed by atoms with Crippen LogP contribution in [0.4, 0.5) is 0 Å². The average molecular weight is 530 g/mol. The summed E-state index contributed by atoms with van der Waals surface area (Å²) in [6, 6.07) is 15.0. The van der Waals surface area contributed by atoms with Gasteiger partial charge in [0.1, 0.15) is 11.8 Å². The van der Waals surface area contributed by atoms with Crippen LogP contribution in [-0.2, 0) is 16.6 Å². The van der Waals surface area contributed by atoms with Crippen molar-refractivity contribution in [3.8, 4) is 5.75 Å². The van der Waals surface area contributed by atoms with Crippen LogP contribution in [-0.4, -0.2) is 27.8 Å². The highest BCUT2D eigenvalue weighted by Crippen LogP contribution is 2.36. The Morgan fingerprint density at radius 3 is 2.58 bits per heavy atom. The van der Waals surface area contributed by atoms with E-state index in [0.29, 0.717) is 31.9 Å². The first-order chi connectivity index (χ1) is 18.2. The number of aryl methyl sites for hydroxylation is 1. The first-order valence-electron chi connectivity index (χ1n) is 12.7. The minimum absolute atomic E-state index is 0.0857. The predicted molar refractivity (Wildman–Crippen MR) is 150 cm³/mol. The second kappa shape index (κ2) is 10.1. The second-order valence-electron chi connectivity index (χ2n) is 9.58. The van der Waals surface area contributed by atoms with Crippen LogP contribution in [0.1, 0.15) is 50.6 Å². The molecule has 38 heavy (non-hydrogen) atoms. The highest BCUT2D eigenvalue weighted by atomic mass is 32.1. The molecule has 2 aromatic heterocycles. The zero-order valence-electron chi connectivity index (χ0n) is 22.4. The molecule has 0 saturated carbocycles. The van der Waals surface area contributed by atoms with E-state index in [0.717, 1.165) is 22.2 Å². The predicted octanol–water partition coefficient (Wildman–Crippen LogP) is 4.39. The van der Waals surface area contributed by atoms with Gasteiger partial charge in [-0.25, -0.2) is 9.79 Å². The Bertz CT molecular complexity index is 1770. The van der Waals surface area contributed by atoms with Crippen molar-refractivity contribution in [2.45, 2.75) is 46.8 Å². The van der Waals surface area contributed by atoms with Crippen molar-refractivity contribution < 1.29 is 14.3 Å². The molecule has 0 N–H and O–H groups in total. The molecule has 1 atom stereocenters. The summed E-state index contributed by atoms with van der Waals surface area (Å²) in [6.45, 7) is 9.72. The lowest BCUT2D eigenvalue weighted by atomic mass is 9.95. The Hall–Kier alpha value is -3.91. The molecule has 0 fully saturated rings. The van der Waals surface area contributed by atoms with Gasteiger partial charge in [0.05, 0.1) is 28.5 Å². The van der Waals surface area contributed by atoms with Crippen LogP contribution in [0, 0.1) is 6.92 Å². The third-order valence-electron chi connectivity index (χ3n) is 6.82. The molecule has 0 spiro atoms. The van der Waals surface area contributed by atoms with Crippen LogP contribution in [0.5, 0.6) is 5.75 Å². The summed E-state index contributed by atoms with van der Waals surface area (Å²) in [7, 11) is 2.03. The standard InChI is InChI=1S/C30H31N3O4S/c1-7-36-29(35)26-18(4)31-30-33(27(26)21-13-9-11-15-24(21)37-17(2)3)28(34)25(38-30)16-22-19(5)32(6)23-14-10-8-12-20(22)23/h8-17,27H,7H2,1-6H3/b25-16+/t27-/m0/s1. The summed E-state index contributed by atoms with van der Waals surface area (Å²) < 4.78 is 15.8. The maximum absolute atomic E-state index is 14.1. The molecule has 0 radical (unpaired) electrons. The lowest BCUT2D eigenvalue weighted by molar-refractivity contribution is -0.139. The Balaban J connectivity index is 1.79. The summed E-state index contributed by atoms with van der Waals surface area (Å²) in [6.07, 6.45) is 1.86. The van der Waals surface area contributed by atoms with Crippen molar-refractivity contribution in [2.75, 3.05) is 6.61 Å². The molecule has 8 heteroatoms. The minimum atomic E-state index is -0.726. The fourth-order valence-corrected chi connectivity index (χ4v) is 6.05. The van der Waals surface area contributed by atoms with E-state index in [1.54, 1.807) is 18.4 Å². The summed E-state index contributed by atoms with van der Waals surface area (Å²) in [4.78, 5) is 32.6. The van der Waals surface area contributed by atoms with E-state index >= 15 is 0 Å². The molecule has 5 rings (SSSR count). The number of esters is 1. The number of para-hydroxylation sites is 2. The van der Waals surface area contributed by atoms with Crippen LogP contribution in [0.3, 0.4) is 0 Å². The molecule has 0 amide bonds. The van der Waals surface area contributed by atoms with E-state index in [1.807, 2.05) is 70.3 Å². The number of hydrogen-bond acceptors (Lipinski definition) is 6. The van der Waals surface area contributed by atoms with Gasteiger partial charge in [-0.2, -0.15) is 0 Å². The van der Waals surface area contributed by atoms with Gasteiger partial charge in [0.15, 0.2) is 4.80 Å². The van der Waals surface area contributed by atoms with Crippen LogP contribution < -0.4 is 19.6 Å². The van der Waals surface area contributed by atoms with E-state index in [4.69, 9.17) is 14.5 Å². The molecule has 196 valence electrons. The first-order valence-corrected chi connectivity index (χ1v) is 13.5. The van der Waals surface area contributed by atoms with Gasteiger partial charge in [0.25, 0.3) is 5.56 Å². The molecular weight excluding hydrogens is 498 g/mol. The normalized spacial score (nSPS) is 15.7. The van der Waals surface area contributed by atoms with Gasteiger partial charge in [-0.1, -0.05) is 47.7 Å². The highest BCUT2D eigenvalue weighted by molar-refractivity contribution is 7.07. The van der Waals surface area contributed by atoms with Gasteiger partial charge in [0.2, 0.25) is 0 Å². The molecule has 0 bridgehead atoms. The van der Waals surface area contributed by atoms with Crippen LogP contribution in [0.25, 0.3) is 17.0 Å². The van der Waals surface area contributed by atoms with E-state index in [9.17, 15) is 9.59 Å². The van der Waals surface area contributed by atoms with Crippen molar-refractivity contribution in [1.82, 2.24) is 9.13 Å². The number of rotatable bonds is 6. The summed E-state index contributed by atoms with van der Waals surface area (Å²) in [5.74, 6) is 0.126. The van der Waals surface area contributed by atoms with Gasteiger partial charge in [-0.15, -0.1) is 0 Å². The van der Waals surface area contributed by atoms with E-state index in [2.05, 4.69) is 16.7 Å². The fraction of sp³-hybridized carbons (Fsp3) is 0.300. The molecular formula is C30H31N3O4S. The highest BCUT2D eigenvalue weighted by Gasteiger charge is 2.35. The SMILES string of the molecule is CCOC(=O)C1=C(C)N=c2s/c(=C/c3c(C)n(C)c4ccccc34)c(=O)n2[C@H]1c1ccccc1OC(C)C. The summed E-state index contributed by atoms with van der Waals surface area (Å²) in [5.41, 5.74) is 4.53. The van der Waals surface area contributed by atoms with Gasteiger partial charge in [-0.05, 0) is 52.8 Å². The number of carbonyl (C=O) groups excluding carboxylic acids is 1. The molecule has 1 aliphatic heterocycles. The van der Waals surface area contributed by atoms with Crippen LogP contribution in [0.2, 0.25) is 0 Å². The average Bonchev–Trinajstić information content (AvgIpc) is 3.32. The van der Waals surface area contributed by atoms with Gasteiger partial charge in [0, 0.05) is 34.8 Å². The van der Waals surface area contributed by atoms with Crippen molar-refractivity contribution >= 4 is 34.3 Å². The Morgan fingerprint density at radius 2 is 1.84 bits per heavy atom. The fourth-order valence-electron chi connectivity index (χ4n) is 5.02. The summed E-state index contributed by atoms with van der Waals surface area (Å²) >= 11 is 1.32. The quantitative estimate of drug-likeness (QED) is 0.348. The van der Waals surface area contributed by atoms with Gasteiger partial charge in [-0.3, -0.25) is 9.36 Å². The largest absolute Gasteiger partial charge is 0.491 e. The second-order valence-corrected chi connectivity index (χ2v) is 10.6. The van der Waals surface area contributed by atoms with E-state index in [-0.39, 0.29) is 18.3 Å². The third kappa shape index (κ3) is 4.28. The smallest absolute Gasteiger partial charge is 0.338 e. The zero-order valence-corrected chi connectivity index (χ0v) is 23.3. The summed E-state index contributed by atoms with van der Waals surface area (Å²) in [5, 5.41) is 1.08. The number of allylic oxidation sites excluding steroid dienone is 1. The number of fused-ring (bicyclic) bond motifs is 2. The maximum Gasteiger partial charge on any atom is 0.338 e. The number of carbonyl (C=O) groups is 1. The maximum atomic E-state index is 14.1. The molecule has 0 unspecified atom stereocenters. The number of ether oxygens (including phenoxy) is 2. The van der Waals surface area contributed by atoms with Gasteiger partial charge >= 0.3 is 5.97 Å². The van der Waals surface area contributed by atoms with Crippen LogP contribution in [0.15, 0.2) is 69.6 Å². The Morgan fingerprint density at radius 1 is 1.13 bits per heavy atom. The van der Waals surface area contributed by atoms with E-state index in [1.165, 1.54) is 11.3 Å². The molecule has 3 heterocycles.